The van der Waals surface area contributed by atoms with Gasteiger partial charge in [0.2, 0.25) is 5.91 Å². The Kier molecular flexibility index (Phi) is 8.42. The number of benzene rings is 1. The molecule has 0 aromatic heterocycles. The molecular formula is C14H23ClN2O. The van der Waals surface area contributed by atoms with E-state index in [1.807, 2.05) is 6.92 Å². The van der Waals surface area contributed by atoms with Gasteiger partial charge in [-0.1, -0.05) is 29.8 Å². The number of nitrogens with one attached hydrogen (secondary N) is 1. The predicted molar refractivity (Wildman–Crippen MR) is 78.0 cm³/mol. The minimum Gasteiger partial charge on any atom is -0.356 e. The van der Waals surface area contributed by atoms with Gasteiger partial charge in [-0.3, -0.25) is 4.79 Å². The summed E-state index contributed by atoms with van der Waals surface area (Å²) in [6.07, 6.45) is 2.14. The van der Waals surface area contributed by atoms with Gasteiger partial charge in [0.25, 0.3) is 0 Å². The van der Waals surface area contributed by atoms with Crippen LogP contribution in [0.25, 0.3) is 0 Å². The second kappa shape index (κ2) is 8.95. The maximum Gasteiger partial charge on any atom is 0.220 e. The Hall–Kier alpha value is -1.06. The van der Waals surface area contributed by atoms with Gasteiger partial charge in [-0.05, 0) is 32.3 Å². The van der Waals surface area contributed by atoms with Gasteiger partial charge in [0.05, 0.1) is 0 Å². The van der Waals surface area contributed by atoms with Crippen molar-refractivity contribution in [1.82, 2.24) is 5.32 Å². The summed E-state index contributed by atoms with van der Waals surface area (Å²) < 4.78 is 0. The number of nitrogens with two attached hydrogens (primary N) is 1. The fourth-order valence-corrected chi connectivity index (χ4v) is 1.55. The molecule has 3 N–H and O–H groups in total. The van der Waals surface area contributed by atoms with Crippen molar-refractivity contribution in [2.24, 2.45) is 5.73 Å². The number of amides is 1. The highest BCUT2D eigenvalue weighted by Crippen LogP contribution is 2.03. The second-order valence-electron chi connectivity index (χ2n) is 4.60. The van der Waals surface area contributed by atoms with Crippen molar-refractivity contribution in [2.45, 2.75) is 39.2 Å². The average Bonchev–Trinajstić information content (AvgIpc) is 2.29. The number of hydrogen-bond donors (Lipinski definition) is 2. The summed E-state index contributed by atoms with van der Waals surface area (Å²) in [5.41, 5.74) is 8.11. The summed E-state index contributed by atoms with van der Waals surface area (Å²) in [6, 6.07) is 8.48. The quantitative estimate of drug-likeness (QED) is 0.833. The normalized spacial score (nSPS) is 11.5. The molecule has 18 heavy (non-hydrogen) atoms. The fourth-order valence-electron chi connectivity index (χ4n) is 1.55. The van der Waals surface area contributed by atoms with Crippen molar-refractivity contribution < 1.29 is 4.79 Å². The molecule has 0 radical (unpaired) electrons. The van der Waals surface area contributed by atoms with E-state index in [1.165, 1.54) is 11.1 Å². The molecule has 102 valence electrons. The van der Waals surface area contributed by atoms with Crippen molar-refractivity contribution in [2.75, 3.05) is 6.54 Å². The van der Waals surface area contributed by atoms with Crippen molar-refractivity contribution in [3.8, 4) is 0 Å². The molecule has 1 unspecified atom stereocenters. The van der Waals surface area contributed by atoms with E-state index in [2.05, 4.69) is 36.5 Å². The molecule has 4 heteroatoms. The number of aryl methyl sites for hydroxylation is 1. The van der Waals surface area contributed by atoms with Gasteiger partial charge in [0, 0.05) is 19.0 Å². The summed E-state index contributed by atoms with van der Waals surface area (Å²) >= 11 is 0. The Balaban J connectivity index is 0.00000289. The van der Waals surface area contributed by atoms with Gasteiger partial charge in [0.15, 0.2) is 0 Å². The standard InChI is InChI=1S/C14H22N2O.ClH/c1-11-3-6-13(7-4-11)9-10-16-14(17)8-5-12(2)15;/h3-4,6-7,12H,5,8-10,15H2,1-2H3,(H,16,17);1H. The zero-order chi connectivity index (χ0) is 12.7. The van der Waals surface area contributed by atoms with Crippen LogP contribution in [0.5, 0.6) is 0 Å². The molecule has 1 aromatic rings. The molecule has 0 fully saturated rings. The molecule has 0 aliphatic rings. The van der Waals surface area contributed by atoms with Gasteiger partial charge >= 0.3 is 0 Å². The van der Waals surface area contributed by atoms with Crippen molar-refractivity contribution in [1.29, 1.82) is 0 Å². The summed E-state index contributed by atoms with van der Waals surface area (Å²) in [6.45, 7) is 4.68. The molecule has 1 rings (SSSR count). The largest absolute Gasteiger partial charge is 0.356 e. The molecule has 1 aromatic carbocycles. The minimum absolute atomic E-state index is 0. The Morgan fingerprint density at radius 2 is 1.94 bits per heavy atom. The molecule has 0 spiro atoms. The van der Waals surface area contributed by atoms with Gasteiger partial charge in [-0.15, -0.1) is 12.4 Å². The topological polar surface area (TPSA) is 55.1 Å². The molecule has 0 bridgehead atoms. The first-order valence-electron chi connectivity index (χ1n) is 6.16. The zero-order valence-corrected chi connectivity index (χ0v) is 11.9. The van der Waals surface area contributed by atoms with Gasteiger partial charge in [0.1, 0.15) is 0 Å². The average molecular weight is 271 g/mol. The summed E-state index contributed by atoms with van der Waals surface area (Å²) in [5, 5.41) is 2.91. The van der Waals surface area contributed by atoms with E-state index in [0.717, 1.165) is 12.8 Å². The SMILES string of the molecule is Cc1ccc(CCNC(=O)CCC(C)N)cc1.Cl. The molecule has 0 aliphatic carbocycles. The first-order chi connectivity index (χ1) is 8.08. The van der Waals surface area contributed by atoms with Crippen LogP contribution in [-0.2, 0) is 11.2 Å². The fraction of sp³-hybridized carbons (Fsp3) is 0.500. The third-order valence-electron chi connectivity index (χ3n) is 2.68. The lowest BCUT2D eigenvalue weighted by Crippen LogP contribution is -2.27. The van der Waals surface area contributed by atoms with Gasteiger partial charge < -0.3 is 11.1 Å². The highest BCUT2D eigenvalue weighted by atomic mass is 35.5. The lowest BCUT2D eigenvalue weighted by atomic mass is 10.1. The third-order valence-corrected chi connectivity index (χ3v) is 2.68. The van der Waals surface area contributed by atoms with E-state index in [9.17, 15) is 4.79 Å². The van der Waals surface area contributed by atoms with E-state index in [1.54, 1.807) is 0 Å². The highest BCUT2D eigenvalue weighted by Gasteiger charge is 2.02. The zero-order valence-electron chi connectivity index (χ0n) is 11.1. The van der Waals surface area contributed by atoms with Gasteiger partial charge in [-0.2, -0.15) is 0 Å². The number of rotatable bonds is 6. The molecule has 0 heterocycles. The predicted octanol–water partition coefficient (Wildman–Crippen LogP) is 2.20. The van der Waals surface area contributed by atoms with Crippen LogP contribution in [0.15, 0.2) is 24.3 Å². The molecule has 3 nitrogen and oxygen atoms in total. The van der Waals surface area contributed by atoms with E-state index in [-0.39, 0.29) is 24.4 Å². The monoisotopic (exact) mass is 270 g/mol. The lowest BCUT2D eigenvalue weighted by molar-refractivity contribution is -0.121. The molecule has 0 aliphatic heterocycles. The number of hydrogen-bond acceptors (Lipinski definition) is 2. The highest BCUT2D eigenvalue weighted by molar-refractivity contribution is 5.85. The van der Waals surface area contributed by atoms with E-state index in [4.69, 9.17) is 5.73 Å². The van der Waals surface area contributed by atoms with Gasteiger partial charge in [-0.25, -0.2) is 0 Å². The van der Waals surface area contributed by atoms with Crippen LogP contribution in [0.1, 0.15) is 30.9 Å². The Labute approximate surface area is 116 Å². The molecule has 0 saturated carbocycles. The van der Waals surface area contributed by atoms with Crippen LogP contribution in [0.4, 0.5) is 0 Å². The summed E-state index contributed by atoms with van der Waals surface area (Å²) in [7, 11) is 0. The van der Waals surface area contributed by atoms with Crippen LogP contribution in [0, 0.1) is 6.92 Å². The summed E-state index contributed by atoms with van der Waals surface area (Å²) in [4.78, 5) is 11.4. The summed E-state index contributed by atoms with van der Waals surface area (Å²) in [5.74, 6) is 0.0920. The van der Waals surface area contributed by atoms with Crippen LogP contribution >= 0.6 is 12.4 Å². The maximum atomic E-state index is 11.4. The Morgan fingerprint density at radius 3 is 2.50 bits per heavy atom. The number of carbonyl (C=O) groups is 1. The van der Waals surface area contributed by atoms with Crippen LogP contribution in [0.2, 0.25) is 0 Å². The van der Waals surface area contributed by atoms with E-state index < -0.39 is 0 Å². The van der Waals surface area contributed by atoms with Crippen LogP contribution < -0.4 is 11.1 Å². The van der Waals surface area contributed by atoms with Crippen LogP contribution in [0.3, 0.4) is 0 Å². The first kappa shape index (κ1) is 16.9. The molecular weight excluding hydrogens is 248 g/mol. The third kappa shape index (κ3) is 7.30. The number of halogens is 1. The van der Waals surface area contributed by atoms with Crippen molar-refractivity contribution >= 4 is 18.3 Å². The molecule has 1 amide bonds. The van der Waals surface area contributed by atoms with E-state index >= 15 is 0 Å². The lowest BCUT2D eigenvalue weighted by Gasteiger charge is -2.07. The molecule has 0 saturated heterocycles. The van der Waals surface area contributed by atoms with Crippen molar-refractivity contribution in [3.63, 3.8) is 0 Å². The first-order valence-corrected chi connectivity index (χ1v) is 6.16. The second-order valence-corrected chi connectivity index (χ2v) is 4.60. The Bertz CT molecular complexity index is 349. The minimum atomic E-state index is 0. The van der Waals surface area contributed by atoms with E-state index in [0.29, 0.717) is 13.0 Å². The van der Waals surface area contributed by atoms with Crippen LogP contribution in [-0.4, -0.2) is 18.5 Å². The number of carbonyl (C=O) groups excluding carboxylic acids is 1. The maximum absolute atomic E-state index is 11.4. The Morgan fingerprint density at radius 1 is 1.33 bits per heavy atom. The molecule has 1 atom stereocenters. The van der Waals surface area contributed by atoms with Crippen molar-refractivity contribution in [3.05, 3.63) is 35.4 Å². The smallest absolute Gasteiger partial charge is 0.220 e.